The number of pyridine rings is 1. The second-order valence-corrected chi connectivity index (χ2v) is 11.4. The minimum Gasteiger partial charge on any atom is -0.477 e. The Bertz CT molecular complexity index is 1480. The Labute approximate surface area is 258 Å². The maximum absolute atomic E-state index is 14.3. The first kappa shape index (κ1) is 32.2. The van der Waals surface area contributed by atoms with Crippen molar-refractivity contribution in [2.75, 3.05) is 40.0 Å². The third-order valence-corrected chi connectivity index (χ3v) is 8.51. The van der Waals surface area contributed by atoms with Crippen molar-refractivity contribution in [1.29, 1.82) is 0 Å². The van der Waals surface area contributed by atoms with E-state index in [9.17, 15) is 33.0 Å². The molecular weight excluding hydrogens is 595 g/mol. The minimum absolute atomic E-state index is 0.0426. The number of alkyl halides is 3. The molecule has 0 bridgehead atoms. The van der Waals surface area contributed by atoms with Gasteiger partial charge >= 0.3 is 12.3 Å². The summed E-state index contributed by atoms with van der Waals surface area (Å²) in [6.07, 6.45) is -0.178. The number of nitrogens with zero attached hydrogens (tertiary/aromatic N) is 5. The lowest BCUT2D eigenvalue weighted by molar-refractivity contribution is -0.139. The van der Waals surface area contributed by atoms with Crippen LogP contribution in [0.25, 0.3) is 11.3 Å². The Balaban J connectivity index is 1.46. The average Bonchev–Trinajstić information content (AvgIpc) is 3.46. The fourth-order valence-corrected chi connectivity index (χ4v) is 6.35. The molecule has 2 amide bonds. The second kappa shape index (κ2) is 13.4. The Morgan fingerprint density at radius 3 is 2.58 bits per heavy atom. The largest absolute Gasteiger partial charge is 0.477 e. The van der Waals surface area contributed by atoms with E-state index in [2.05, 4.69) is 9.97 Å². The Morgan fingerprint density at radius 2 is 1.87 bits per heavy atom. The zero-order chi connectivity index (χ0) is 32.2. The SMILES string of the molecule is COC[C@]1(O)CCCC[C@H]1n1cnc(C(=O)N2CCN(C(=O)O)C[C@H]2CCOc2ncccc2C(F)(F)F)c1-c1ccccc1. The Morgan fingerprint density at radius 1 is 1.09 bits per heavy atom. The highest BCUT2D eigenvalue weighted by atomic mass is 19.4. The molecule has 3 aromatic rings. The first-order valence-electron chi connectivity index (χ1n) is 14.8. The highest BCUT2D eigenvalue weighted by molar-refractivity contribution is 5.98. The standard InChI is InChI=1S/C31H36F3N5O6/c1-44-19-30(43)13-6-5-11-24(30)39-20-36-25(26(39)21-8-3-2-4-9-21)28(40)38-16-15-37(29(41)42)18-22(38)12-17-45-27-23(31(32,33)34)10-7-14-35-27/h2-4,7-10,14,20,22,24,43H,5-6,11-13,15-19H2,1H3,(H,41,42)/t22-,24-,30-/m1/s1. The number of piperazine rings is 1. The predicted octanol–water partition coefficient (Wildman–Crippen LogP) is 4.73. The molecule has 5 rings (SSSR count). The average molecular weight is 632 g/mol. The molecule has 0 radical (unpaired) electrons. The molecule has 11 nitrogen and oxygen atoms in total. The lowest BCUT2D eigenvalue weighted by atomic mass is 9.80. The van der Waals surface area contributed by atoms with Gasteiger partial charge in [-0.15, -0.1) is 0 Å². The molecule has 1 saturated carbocycles. The van der Waals surface area contributed by atoms with Crippen LogP contribution in [0.4, 0.5) is 18.0 Å². The van der Waals surface area contributed by atoms with Crippen LogP contribution in [0.1, 0.15) is 54.2 Å². The summed E-state index contributed by atoms with van der Waals surface area (Å²) in [6, 6.07) is 10.1. The number of amides is 2. The van der Waals surface area contributed by atoms with E-state index in [4.69, 9.17) is 9.47 Å². The van der Waals surface area contributed by atoms with E-state index in [1.54, 1.807) is 6.33 Å². The van der Waals surface area contributed by atoms with Crippen LogP contribution in [-0.2, 0) is 10.9 Å². The van der Waals surface area contributed by atoms with Crippen molar-refractivity contribution in [2.24, 2.45) is 0 Å². The summed E-state index contributed by atoms with van der Waals surface area (Å²) in [7, 11) is 1.53. The molecule has 2 fully saturated rings. The molecule has 242 valence electrons. The Kier molecular flexibility index (Phi) is 9.63. The fraction of sp³-hybridized carbons (Fsp3) is 0.484. The number of benzene rings is 1. The fourth-order valence-electron chi connectivity index (χ4n) is 6.35. The second-order valence-electron chi connectivity index (χ2n) is 11.4. The number of carbonyl (C=O) groups excluding carboxylic acids is 1. The van der Waals surface area contributed by atoms with Crippen molar-refractivity contribution >= 4 is 12.0 Å². The van der Waals surface area contributed by atoms with E-state index in [1.165, 1.54) is 23.1 Å². The lowest BCUT2D eigenvalue weighted by Crippen LogP contribution is -2.56. The molecule has 14 heteroatoms. The van der Waals surface area contributed by atoms with E-state index in [1.807, 2.05) is 34.9 Å². The van der Waals surface area contributed by atoms with E-state index in [0.29, 0.717) is 24.1 Å². The number of hydrogen-bond donors (Lipinski definition) is 2. The van der Waals surface area contributed by atoms with Crippen molar-refractivity contribution in [1.82, 2.24) is 24.3 Å². The van der Waals surface area contributed by atoms with Crippen molar-refractivity contribution in [2.45, 2.75) is 56.0 Å². The van der Waals surface area contributed by atoms with Gasteiger partial charge in [-0.25, -0.2) is 14.8 Å². The normalized spacial score (nSPS) is 22.3. The third kappa shape index (κ3) is 6.91. The number of halogens is 3. The number of hydrogen-bond acceptors (Lipinski definition) is 7. The number of rotatable bonds is 9. The summed E-state index contributed by atoms with van der Waals surface area (Å²) in [4.78, 5) is 37.1. The summed E-state index contributed by atoms with van der Waals surface area (Å²) in [6.45, 7) is -0.0941. The summed E-state index contributed by atoms with van der Waals surface area (Å²) in [5.41, 5.74) is -0.845. The number of aromatic nitrogens is 3. The van der Waals surface area contributed by atoms with Crippen LogP contribution >= 0.6 is 0 Å². The highest BCUT2D eigenvalue weighted by Gasteiger charge is 2.43. The van der Waals surface area contributed by atoms with Gasteiger partial charge in [-0.3, -0.25) is 4.79 Å². The first-order chi connectivity index (χ1) is 21.5. The molecule has 2 aromatic heterocycles. The molecule has 1 saturated heterocycles. The molecule has 0 unspecified atom stereocenters. The van der Waals surface area contributed by atoms with Crippen molar-refractivity contribution in [3.8, 4) is 17.1 Å². The van der Waals surface area contributed by atoms with Gasteiger partial charge in [-0.1, -0.05) is 43.2 Å². The lowest BCUT2D eigenvalue weighted by Gasteiger charge is -2.41. The molecular formula is C31H36F3N5O6. The molecule has 1 aliphatic heterocycles. The molecule has 1 aliphatic carbocycles. The van der Waals surface area contributed by atoms with Gasteiger partial charge in [0, 0.05) is 44.9 Å². The minimum atomic E-state index is -4.67. The van der Waals surface area contributed by atoms with E-state index in [-0.39, 0.29) is 45.0 Å². The molecule has 1 aromatic carbocycles. The van der Waals surface area contributed by atoms with Crippen molar-refractivity contribution in [3.05, 3.63) is 66.2 Å². The summed E-state index contributed by atoms with van der Waals surface area (Å²) >= 11 is 0. The van der Waals surface area contributed by atoms with Crippen LogP contribution in [0.5, 0.6) is 5.88 Å². The van der Waals surface area contributed by atoms with E-state index >= 15 is 0 Å². The number of methoxy groups -OCH3 is 1. The monoisotopic (exact) mass is 631 g/mol. The third-order valence-electron chi connectivity index (χ3n) is 8.51. The predicted molar refractivity (Wildman–Crippen MR) is 156 cm³/mol. The number of imidazole rings is 1. The van der Waals surface area contributed by atoms with Crippen LogP contribution in [0.2, 0.25) is 0 Å². The number of carbonyl (C=O) groups is 2. The van der Waals surface area contributed by atoms with Crippen LogP contribution in [0.15, 0.2) is 55.0 Å². The summed E-state index contributed by atoms with van der Waals surface area (Å²) in [5.74, 6) is -1.04. The maximum Gasteiger partial charge on any atom is 0.421 e. The van der Waals surface area contributed by atoms with Gasteiger partial charge in [0.2, 0.25) is 5.88 Å². The zero-order valence-electron chi connectivity index (χ0n) is 24.8. The Hall–Kier alpha value is -4.17. The van der Waals surface area contributed by atoms with Gasteiger partial charge in [0.25, 0.3) is 5.91 Å². The summed E-state index contributed by atoms with van der Waals surface area (Å²) < 4.78 is 53.0. The van der Waals surface area contributed by atoms with Crippen LogP contribution in [0, 0.1) is 0 Å². The first-order valence-corrected chi connectivity index (χ1v) is 14.8. The van der Waals surface area contributed by atoms with Crippen LogP contribution < -0.4 is 4.74 Å². The smallest absolute Gasteiger partial charge is 0.421 e. The van der Waals surface area contributed by atoms with Gasteiger partial charge in [0.15, 0.2) is 5.69 Å². The van der Waals surface area contributed by atoms with Gasteiger partial charge < -0.3 is 34.1 Å². The quantitative estimate of drug-likeness (QED) is 0.347. The van der Waals surface area contributed by atoms with Gasteiger partial charge in [0.05, 0.1) is 37.3 Å². The molecule has 3 atom stereocenters. The van der Waals surface area contributed by atoms with Gasteiger partial charge in [0.1, 0.15) is 11.2 Å². The molecule has 2 aliphatic rings. The molecule has 3 heterocycles. The number of carboxylic acid groups (broad SMARTS) is 1. The highest BCUT2D eigenvalue weighted by Crippen LogP contribution is 2.41. The number of aliphatic hydroxyl groups is 1. The molecule has 0 spiro atoms. The summed E-state index contributed by atoms with van der Waals surface area (Å²) in [5, 5.41) is 21.3. The van der Waals surface area contributed by atoms with Gasteiger partial charge in [-0.2, -0.15) is 13.2 Å². The van der Waals surface area contributed by atoms with E-state index in [0.717, 1.165) is 25.0 Å². The molecule has 2 N–H and O–H groups in total. The van der Waals surface area contributed by atoms with Crippen molar-refractivity contribution in [3.63, 3.8) is 0 Å². The maximum atomic E-state index is 14.3. The number of ether oxygens (including phenoxy) is 2. The topological polar surface area (TPSA) is 130 Å². The van der Waals surface area contributed by atoms with Crippen LogP contribution in [0.3, 0.4) is 0 Å². The van der Waals surface area contributed by atoms with E-state index < -0.39 is 47.3 Å². The van der Waals surface area contributed by atoms with Crippen molar-refractivity contribution < 1.29 is 42.4 Å². The van der Waals surface area contributed by atoms with Crippen LogP contribution in [-0.4, -0.2) is 98.1 Å². The molecule has 45 heavy (non-hydrogen) atoms. The zero-order valence-corrected chi connectivity index (χ0v) is 24.8. The van der Waals surface area contributed by atoms with Gasteiger partial charge in [-0.05, 0) is 25.0 Å².